The molecule has 0 spiro atoms. The molecule has 3 rings (SSSR count). The number of hydrogen-bond acceptors (Lipinski definition) is 5. The number of benzene rings is 1. The lowest BCUT2D eigenvalue weighted by Gasteiger charge is -2.26. The molecular weight excluding hydrogens is 410 g/mol. The monoisotopic (exact) mass is 443 g/mol. The van der Waals surface area contributed by atoms with E-state index in [1.54, 1.807) is 0 Å². The maximum atomic E-state index is 13.0. The SMILES string of the molecule is CC(=O)Nc1cccc(-n2c(SCC(=O)N(CC(C)C)CC(C)C)nnc2C2CC2)c1. The van der Waals surface area contributed by atoms with Crippen LogP contribution in [0.25, 0.3) is 5.69 Å². The van der Waals surface area contributed by atoms with Crippen LogP contribution in [-0.4, -0.2) is 50.3 Å². The molecule has 31 heavy (non-hydrogen) atoms. The van der Waals surface area contributed by atoms with Gasteiger partial charge in [-0.05, 0) is 42.9 Å². The van der Waals surface area contributed by atoms with Crippen molar-refractivity contribution in [2.75, 3.05) is 24.2 Å². The number of nitrogens with zero attached hydrogens (tertiary/aromatic N) is 4. The molecule has 1 N–H and O–H groups in total. The van der Waals surface area contributed by atoms with Gasteiger partial charge < -0.3 is 10.2 Å². The van der Waals surface area contributed by atoms with E-state index in [-0.39, 0.29) is 11.8 Å². The zero-order valence-electron chi connectivity index (χ0n) is 19.1. The molecule has 7 nitrogen and oxygen atoms in total. The Hall–Kier alpha value is -2.35. The molecule has 1 fully saturated rings. The lowest BCUT2D eigenvalue weighted by molar-refractivity contribution is -0.129. The minimum atomic E-state index is -0.112. The van der Waals surface area contributed by atoms with Gasteiger partial charge in [0, 0.05) is 31.6 Å². The summed E-state index contributed by atoms with van der Waals surface area (Å²) in [5, 5.41) is 12.4. The second-order valence-corrected chi connectivity index (χ2v) is 10.00. The third-order valence-electron chi connectivity index (χ3n) is 4.87. The molecule has 0 radical (unpaired) electrons. The molecule has 0 aliphatic heterocycles. The van der Waals surface area contributed by atoms with Gasteiger partial charge in [-0.1, -0.05) is 45.5 Å². The molecule has 2 aromatic rings. The first-order valence-corrected chi connectivity index (χ1v) is 12.0. The van der Waals surface area contributed by atoms with Crippen LogP contribution in [0.15, 0.2) is 29.4 Å². The number of thioether (sulfide) groups is 1. The molecule has 0 unspecified atom stereocenters. The fourth-order valence-electron chi connectivity index (χ4n) is 3.53. The minimum Gasteiger partial charge on any atom is -0.341 e. The van der Waals surface area contributed by atoms with Crippen LogP contribution in [0.1, 0.15) is 59.2 Å². The van der Waals surface area contributed by atoms with Crippen molar-refractivity contribution < 1.29 is 9.59 Å². The van der Waals surface area contributed by atoms with Crippen molar-refractivity contribution >= 4 is 29.3 Å². The lowest BCUT2D eigenvalue weighted by Crippen LogP contribution is -2.38. The van der Waals surface area contributed by atoms with E-state index in [0.717, 1.165) is 43.1 Å². The molecule has 0 bridgehead atoms. The maximum absolute atomic E-state index is 13.0. The molecule has 0 saturated heterocycles. The Balaban J connectivity index is 1.81. The average molecular weight is 444 g/mol. The summed E-state index contributed by atoms with van der Waals surface area (Å²) in [5.74, 6) is 2.52. The highest BCUT2D eigenvalue weighted by atomic mass is 32.2. The van der Waals surface area contributed by atoms with E-state index in [9.17, 15) is 9.59 Å². The first-order chi connectivity index (χ1) is 14.7. The van der Waals surface area contributed by atoms with E-state index in [2.05, 4.69) is 43.2 Å². The van der Waals surface area contributed by atoms with Crippen molar-refractivity contribution in [3.05, 3.63) is 30.1 Å². The van der Waals surface area contributed by atoms with E-state index in [0.29, 0.717) is 28.7 Å². The van der Waals surface area contributed by atoms with Crippen LogP contribution in [0.4, 0.5) is 5.69 Å². The number of aromatic nitrogens is 3. The Morgan fingerprint density at radius 2 is 1.84 bits per heavy atom. The quantitative estimate of drug-likeness (QED) is 0.553. The fraction of sp³-hybridized carbons (Fsp3) is 0.565. The molecule has 1 heterocycles. The zero-order chi connectivity index (χ0) is 22.5. The summed E-state index contributed by atoms with van der Waals surface area (Å²) in [5.41, 5.74) is 1.63. The van der Waals surface area contributed by atoms with Crippen LogP contribution in [0.2, 0.25) is 0 Å². The van der Waals surface area contributed by atoms with Crippen LogP contribution >= 0.6 is 11.8 Å². The number of carbonyl (C=O) groups is 2. The second-order valence-electron chi connectivity index (χ2n) is 9.06. The third-order valence-corrected chi connectivity index (χ3v) is 5.79. The van der Waals surface area contributed by atoms with Crippen LogP contribution in [-0.2, 0) is 9.59 Å². The largest absolute Gasteiger partial charge is 0.341 e. The van der Waals surface area contributed by atoms with Crippen molar-refractivity contribution in [3.8, 4) is 5.69 Å². The smallest absolute Gasteiger partial charge is 0.233 e. The van der Waals surface area contributed by atoms with Gasteiger partial charge in [-0.15, -0.1) is 10.2 Å². The molecule has 168 valence electrons. The number of anilines is 1. The number of nitrogens with one attached hydrogen (secondary N) is 1. The van der Waals surface area contributed by atoms with Crippen LogP contribution in [0, 0.1) is 11.8 Å². The van der Waals surface area contributed by atoms with Gasteiger partial charge in [0.1, 0.15) is 5.82 Å². The first-order valence-electron chi connectivity index (χ1n) is 11.0. The van der Waals surface area contributed by atoms with Gasteiger partial charge in [0.15, 0.2) is 5.16 Å². The summed E-state index contributed by atoms with van der Waals surface area (Å²) in [6.07, 6.45) is 2.20. The van der Waals surface area contributed by atoms with Gasteiger partial charge in [0.2, 0.25) is 11.8 Å². The lowest BCUT2D eigenvalue weighted by atomic mass is 10.1. The molecular formula is C23H33N5O2S. The van der Waals surface area contributed by atoms with Crippen molar-refractivity contribution in [1.29, 1.82) is 0 Å². The molecule has 2 amide bonds. The highest BCUT2D eigenvalue weighted by Crippen LogP contribution is 2.41. The van der Waals surface area contributed by atoms with Gasteiger partial charge >= 0.3 is 0 Å². The minimum absolute atomic E-state index is 0.112. The van der Waals surface area contributed by atoms with E-state index < -0.39 is 0 Å². The summed E-state index contributed by atoms with van der Waals surface area (Å²) in [4.78, 5) is 26.4. The molecule has 1 aliphatic rings. The summed E-state index contributed by atoms with van der Waals surface area (Å²) in [6, 6.07) is 7.67. The molecule has 1 saturated carbocycles. The number of carbonyl (C=O) groups excluding carboxylic acids is 2. The van der Waals surface area contributed by atoms with Crippen LogP contribution in [0.3, 0.4) is 0 Å². The van der Waals surface area contributed by atoms with Crippen molar-refractivity contribution in [2.45, 2.75) is 58.5 Å². The summed E-state index contributed by atoms with van der Waals surface area (Å²) < 4.78 is 2.04. The Bertz CT molecular complexity index is 910. The number of hydrogen-bond donors (Lipinski definition) is 1. The average Bonchev–Trinajstić information content (AvgIpc) is 3.44. The van der Waals surface area contributed by atoms with Gasteiger partial charge in [0.05, 0.1) is 11.4 Å². The molecule has 8 heteroatoms. The Kier molecular flexibility index (Phi) is 7.75. The standard InChI is InChI=1S/C23H33N5O2S/c1-15(2)12-27(13-16(3)4)21(30)14-31-23-26-25-22(18-9-10-18)28(23)20-8-6-7-19(11-20)24-17(5)29/h6-8,11,15-16,18H,9-10,12-14H2,1-5H3,(H,24,29). The van der Waals surface area contributed by atoms with Crippen molar-refractivity contribution in [3.63, 3.8) is 0 Å². The fourth-order valence-corrected chi connectivity index (χ4v) is 4.39. The highest BCUT2D eigenvalue weighted by molar-refractivity contribution is 7.99. The Morgan fingerprint density at radius 1 is 1.16 bits per heavy atom. The van der Waals surface area contributed by atoms with E-state index in [1.165, 1.54) is 18.7 Å². The van der Waals surface area contributed by atoms with E-state index in [4.69, 9.17) is 0 Å². The van der Waals surface area contributed by atoms with Crippen molar-refractivity contribution in [2.24, 2.45) is 11.8 Å². The number of amides is 2. The second kappa shape index (κ2) is 10.3. The molecule has 1 aromatic carbocycles. The zero-order valence-corrected chi connectivity index (χ0v) is 19.9. The Labute approximate surface area is 189 Å². The van der Waals surface area contributed by atoms with Crippen molar-refractivity contribution in [1.82, 2.24) is 19.7 Å². The van der Waals surface area contributed by atoms with Gasteiger partial charge in [0.25, 0.3) is 0 Å². The van der Waals surface area contributed by atoms with E-state index >= 15 is 0 Å². The number of rotatable bonds is 10. The topological polar surface area (TPSA) is 80.1 Å². The summed E-state index contributed by atoms with van der Waals surface area (Å²) in [6.45, 7) is 11.5. The first kappa shape index (κ1) is 23.3. The van der Waals surface area contributed by atoms with Crippen LogP contribution in [0.5, 0.6) is 0 Å². The molecule has 0 atom stereocenters. The normalized spacial score (nSPS) is 13.6. The van der Waals surface area contributed by atoms with Gasteiger partial charge in [-0.25, -0.2) is 0 Å². The Morgan fingerprint density at radius 3 is 2.42 bits per heavy atom. The summed E-state index contributed by atoms with van der Waals surface area (Å²) in [7, 11) is 0. The van der Waals surface area contributed by atoms with Gasteiger partial charge in [-0.3, -0.25) is 14.2 Å². The molecule has 1 aliphatic carbocycles. The predicted octanol–water partition coefficient (Wildman–Crippen LogP) is 4.34. The van der Waals surface area contributed by atoms with Gasteiger partial charge in [-0.2, -0.15) is 0 Å². The molecule has 1 aromatic heterocycles. The third kappa shape index (κ3) is 6.56. The maximum Gasteiger partial charge on any atom is 0.233 e. The van der Waals surface area contributed by atoms with Crippen LogP contribution < -0.4 is 5.32 Å². The predicted molar refractivity (Wildman–Crippen MR) is 125 cm³/mol. The summed E-state index contributed by atoms with van der Waals surface area (Å²) >= 11 is 1.43. The van der Waals surface area contributed by atoms with E-state index in [1.807, 2.05) is 33.7 Å². The highest BCUT2D eigenvalue weighted by Gasteiger charge is 2.31.